The van der Waals surface area contributed by atoms with Crippen LogP contribution in [0.5, 0.6) is 0 Å². The van der Waals surface area contributed by atoms with Crippen LogP contribution in [0.4, 0.5) is 9.52 Å². The van der Waals surface area contributed by atoms with Crippen LogP contribution in [0.1, 0.15) is 37.5 Å². The first-order chi connectivity index (χ1) is 15.0. The summed E-state index contributed by atoms with van der Waals surface area (Å²) in [6.45, 7) is 0.696. The second kappa shape index (κ2) is 8.75. The lowest BCUT2D eigenvalue weighted by Crippen LogP contribution is -2.31. The third kappa shape index (κ3) is 4.23. The standard InChI is InChI=1S/C22H18FN3O4S/c1-30-10-2-9-26-20(28)16-8-5-14(11-17(16)21(26)29)19(27)25-22-24-18(12-31-22)13-3-6-15(23)7-4-13/h3-8,11-12H,2,9-10H2,1H3,(H,24,25,27). The largest absolute Gasteiger partial charge is 0.385 e. The molecule has 0 spiro atoms. The molecule has 7 nitrogen and oxygen atoms in total. The van der Waals surface area contributed by atoms with Gasteiger partial charge in [0.1, 0.15) is 5.82 Å². The highest BCUT2D eigenvalue weighted by Gasteiger charge is 2.35. The number of benzene rings is 2. The molecule has 0 bridgehead atoms. The number of fused-ring (bicyclic) bond motifs is 1. The molecule has 0 saturated heterocycles. The minimum Gasteiger partial charge on any atom is -0.385 e. The molecule has 1 aliphatic heterocycles. The molecule has 3 amide bonds. The molecule has 0 radical (unpaired) electrons. The van der Waals surface area contributed by atoms with Crippen molar-refractivity contribution in [1.29, 1.82) is 0 Å². The first-order valence-corrected chi connectivity index (χ1v) is 10.4. The van der Waals surface area contributed by atoms with Crippen molar-refractivity contribution in [2.45, 2.75) is 6.42 Å². The van der Waals surface area contributed by atoms with E-state index in [4.69, 9.17) is 4.74 Å². The van der Waals surface area contributed by atoms with Gasteiger partial charge in [0.05, 0.1) is 16.8 Å². The Morgan fingerprint density at radius 1 is 1.13 bits per heavy atom. The van der Waals surface area contributed by atoms with Crippen molar-refractivity contribution >= 4 is 34.2 Å². The van der Waals surface area contributed by atoms with Crippen molar-refractivity contribution in [1.82, 2.24) is 9.88 Å². The number of imide groups is 1. The van der Waals surface area contributed by atoms with E-state index in [1.807, 2.05) is 0 Å². The molecular formula is C22H18FN3O4S. The van der Waals surface area contributed by atoms with Crippen molar-refractivity contribution in [3.63, 3.8) is 0 Å². The van der Waals surface area contributed by atoms with E-state index in [0.717, 1.165) is 5.56 Å². The molecule has 0 saturated carbocycles. The molecule has 2 heterocycles. The van der Waals surface area contributed by atoms with Gasteiger partial charge in [-0.05, 0) is 48.9 Å². The summed E-state index contributed by atoms with van der Waals surface area (Å²) in [5.74, 6) is -1.57. The number of methoxy groups -OCH3 is 1. The summed E-state index contributed by atoms with van der Waals surface area (Å²) in [5.41, 5.74) is 2.08. The first-order valence-electron chi connectivity index (χ1n) is 9.50. The van der Waals surface area contributed by atoms with Gasteiger partial charge >= 0.3 is 0 Å². The predicted octanol–water partition coefficient (Wildman–Crippen LogP) is 3.83. The van der Waals surface area contributed by atoms with E-state index < -0.39 is 11.8 Å². The van der Waals surface area contributed by atoms with Crippen LogP contribution in [0.2, 0.25) is 0 Å². The number of aromatic nitrogens is 1. The Kier molecular flexibility index (Phi) is 5.88. The van der Waals surface area contributed by atoms with E-state index in [2.05, 4.69) is 10.3 Å². The Labute approximate surface area is 181 Å². The van der Waals surface area contributed by atoms with Crippen LogP contribution in [0, 0.1) is 5.82 Å². The third-order valence-corrected chi connectivity index (χ3v) is 5.59. The van der Waals surface area contributed by atoms with Gasteiger partial charge in [0, 0.05) is 36.8 Å². The van der Waals surface area contributed by atoms with Crippen LogP contribution in [0.25, 0.3) is 11.3 Å². The van der Waals surface area contributed by atoms with Crippen molar-refractivity contribution < 1.29 is 23.5 Å². The number of nitrogens with zero attached hydrogens (tertiary/aromatic N) is 2. The predicted molar refractivity (Wildman–Crippen MR) is 114 cm³/mol. The van der Waals surface area contributed by atoms with Crippen LogP contribution >= 0.6 is 11.3 Å². The fraction of sp³-hybridized carbons (Fsp3) is 0.182. The summed E-state index contributed by atoms with van der Waals surface area (Å²) in [6.07, 6.45) is 0.537. The summed E-state index contributed by atoms with van der Waals surface area (Å²) >= 11 is 1.23. The number of thiazole rings is 1. The smallest absolute Gasteiger partial charge is 0.261 e. The van der Waals surface area contributed by atoms with Crippen LogP contribution in [-0.4, -0.2) is 47.9 Å². The molecule has 1 aliphatic rings. The number of halogens is 1. The summed E-state index contributed by atoms with van der Waals surface area (Å²) in [6, 6.07) is 10.3. The zero-order valence-electron chi connectivity index (χ0n) is 16.6. The molecule has 1 N–H and O–H groups in total. The third-order valence-electron chi connectivity index (χ3n) is 4.83. The fourth-order valence-corrected chi connectivity index (χ4v) is 3.97. The summed E-state index contributed by atoms with van der Waals surface area (Å²) < 4.78 is 18.1. The number of nitrogens with one attached hydrogen (secondary N) is 1. The number of hydrogen-bond acceptors (Lipinski definition) is 6. The Morgan fingerprint density at radius 2 is 1.87 bits per heavy atom. The van der Waals surface area contributed by atoms with Gasteiger partial charge in [-0.2, -0.15) is 0 Å². The highest BCUT2D eigenvalue weighted by atomic mass is 32.1. The van der Waals surface area contributed by atoms with E-state index in [9.17, 15) is 18.8 Å². The molecule has 0 unspecified atom stereocenters. The minimum absolute atomic E-state index is 0.209. The number of rotatable bonds is 7. The van der Waals surface area contributed by atoms with Crippen LogP contribution in [0.15, 0.2) is 47.8 Å². The van der Waals surface area contributed by atoms with Gasteiger partial charge < -0.3 is 4.74 Å². The second-order valence-electron chi connectivity index (χ2n) is 6.87. The first kappa shape index (κ1) is 20.8. The maximum atomic E-state index is 13.1. The Hall–Kier alpha value is -3.43. The average Bonchev–Trinajstić information content (AvgIpc) is 3.32. The maximum Gasteiger partial charge on any atom is 0.261 e. The highest BCUT2D eigenvalue weighted by Crippen LogP contribution is 2.27. The lowest BCUT2D eigenvalue weighted by Gasteiger charge is -2.12. The van der Waals surface area contributed by atoms with Crippen molar-refractivity contribution in [2.24, 2.45) is 0 Å². The fourth-order valence-electron chi connectivity index (χ4n) is 3.26. The number of anilines is 1. The number of hydrogen-bond donors (Lipinski definition) is 1. The Balaban J connectivity index is 1.48. The van der Waals surface area contributed by atoms with Gasteiger partial charge in [0.25, 0.3) is 17.7 Å². The molecule has 0 fully saturated rings. The minimum atomic E-state index is -0.444. The molecule has 4 rings (SSSR count). The summed E-state index contributed by atoms with van der Waals surface area (Å²) in [7, 11) is 1.55. The normalized spacial score (nSPS) is 12.9. The average molecular weight is 439 g/mol. The van der Waals surface area contributed by atoms with Gasteiger partial charge in [0.15, 0.2) is 5.13 Å². The number of carbonyl (C=O) groups is 3. The highest BCUT2D eigenvalue weighted by molar-refractivity contribution is 7.14. The number of amides is 3. The maximum absolute atomic E-state index is 13.1. The lowest BCUT2D eigenvalue weighted by atomic mass is 10.1. The molecule has 9 heteroatoms. The van der Waals surface area contributed by atoms with E-state index in [1.165, 1.54) is 46.6 Å². The van der Waals surface area contributed by atoms with E-state index >= 15 is 0 Å². The molecule has 3 aromatic rings. The molecule has 158 valence electrons. The lowest BCUT2D eigenvalue weighted by molar-refractivity contribution is 0.0638. The quantitative estimate of drug-likeness (QED) is 0.446. The zero-order valence-corrected chi connectivity index (χ0v) is 17.4. The van der Waals surface area contributed by atoms with Gasteiger partial charge in [-0.1, -0.05) is 0 Å². The van der Waals surface area contributed by atoms with Crippen molar-refractivity contribution in [3.05, 3.63) is 70.4 Å². The van der Waals surface area contributed by atoms with Crippen molar-refractivity contribution in [2.75, 3.05) is 25.6 Å². The topological polar surface area (TPSA) is 88.6 Å². The Morgan fingerprint density at radius 3 is 2.61 bits per heavy atom. The zero-order chi connectivity index (χ0) is 22.0. The number of ether oxygens (including phenoxy) is 1. The molecule has 0 atom stereocenters. The van der Waals surface area contributed by atoms with Gasteiger partial charge in [0.2, 0.25) is 0 Å². The molecule has 1 aromatic heterocycles. The Bertz CT molecular complexity index is 1160. The van der Waals surface area contributed by atoms with Crippen LogP contribution in [0.3, 0.4) is 0 Å². The summed E-state index contributed by atoms with van der Waals surface area (Å²) in [4.78, 5) is 43.3. The number of carbonyl (C=O) groups excluding carboxylic acids is 3. The van der Waals surface area contributed by atoms with Crippen LogP contribution in [-0.2, 0) is 4.74 Å². The van der Waals surface area contributed by atoms with Gasteiger partial charge in [-0.25, -0.2) is 9.37 Å². The molecular weight excluding hydrogens is 421 g/mol. The second-order valence-corrected chi connectivity index (χ2v) is 7.73. The molecule has 0 aliphatic carbocycles. The van der Waals surface area contributed by atoms with Crippen molar-refractivity contribution in [3.8, 4) is 11.3 Å². The molecule has 2 aromatic carbocycles. The van der Waals surface area contributed by atoms with E-state index in [0.29, 0.717) is 23.9 Å². The SMILES string of the molecule is COCCCN1C(=O)c2ccc(C(=O)Nc3nc(-c4ccc(F)cc4)cs3)cc2C1=O. The van der Waals surface area contributed by atoms with E-state index in [-0.39, 0.29) is 35.0 Å². The van der Waals surface area contributed by atoms with E-state index in [1.54, 1.807) is 24.6 Å². The van der Waals surface area contributed by atoms with Gasteiger partial charge in [-0.3, -0.25) is 24.6 Å². The summed E-state index contributed by atoms with van der Waals surface area (Å²) in [5, 5.41) is 4.82. The molecule has 31 heavy (non-hydrogen) atoms. The van der Waals surface area contributed by atoms with Gasteiger partial charge in [-0.15, -0.1) is 11.3 Å². The monoisotopic (exact) mass is 439 g/mol. The van der Waals surface area contributed by atoms with Crippen LogP contribution < -0.4 is 5.32 Å².